The maximum atomic E-state index is 11.2. The summed E-state index contributed by atoms with van der Waals surface area (Å²) in [6, 6.07) is 7.13. The van der Waals surface area contributed by atoms with E-state index in [4.69, 9.17) is 0 Å². The topological polar surface area (TPSA) is 71.1 Å². The summed E-state index contributed by atoms with van der Waals surface area (Å²) in [6.07, 6.45) is 1.13. The summed E-state index contributed by atoms with van der Waals surface area (Å²) in [7, 11) is -3.25. The molecule has 0 bridgehead atoms. The lowest BCUT2D eigenvalue weighted by atomic mass is 10.3. The first-order valence-electron chi connectivity index (χ1n) is 5.65. The first-order valence-corrected chi connectivity index (χ1v) is 8.42. The highest BCUT2D eigenvalue weighted by Gasteiger charge is 2.03. The quantitative estimate of drug-likeness (QED) is 0.889. The van der Waals surface area contributed by atoms with Gasteiger partial charge in [-0.1, -0.05) is 6.07 Å². The van der Waals surface area contributed by atoms with Gasteiger partial charge in [0.05, 0.1) is 29.2 Å². The number of rotatable bonds is 5. The van der Waals surface area contributed by atoms with Gasteiger partial charge in [-0.3, -0.25) is 4.72 Å². The largest absolute Gasteiger partial charge is 0.379 e. The number of hydrogen-bond donors (Lipinski definition) is 2. The first kappa shape index (κ1) is 13.8. The van der Waals surface area contributed by atoms with Gasteiger partial charge in [0.1, 0.15) is 0 Å². The van der Waals surface area contributed by atoms with Gasteiger partial charge in [-0.2, -0.15) is 0 Å². The van der Waals surface area contributed by atoms with E-state index in [9.17, 15) is 8.42 Å². The normalized spacial score (nSPS) is 11.3. The Labute approximate surface area is 116 Å². The highest BCUT2D eigenvalue weighted by molar-refractivity contribution is 7.92. The molecule has 1 aromatic carbocycles. The Bertz CT molecular complexity index is 665. The van der Waals surface area contributed by atoms with Gasteiger partial charge in [0, 0.05) is 11.1 Å². The molecule has 0 amide bonds. The maximum Gasteiger partial charge on any atom is 0.229 e. The van der Waals surface area contributed by atoms with Crippen LogP contribution in [0.4, 0.5) is 11.4 Å². The van der Waals surface area contributed by atoms with Crippen molar-refractivity contribution in [1.29, 1.82) is 0 Å². The second-order valence-electron chi connectivity index (χ2n) is 4.17. The van der Waals surface area contributed by atoms with Gasteiger partial charge in [-0.05, 0) is 25.1 Å². The predicted molar refractivity (Wildman–Crippen MR) is 79.1 cm³/mol. The summed E-state index contributed by atoms with van der Waals surface area (Å²) in [6.45, 7) is 2.58. The molecule has 0 radical (unpaired) electrons. The fraction of sp³-hybridized carbons (Fsp3) is 0.250. The van der Waals surface area contributed by atoms with Crippen LogP contribution in [-0.2, 0) is 16.6 Å². The van der Waals surface area contributed by atoms with E-state index in [1.54, 1.807) is 29.5 Å². The van der Waals surface area contributed by atoms with Crippen LogP contribution in [0.1, 0.15) is 10.7 Å². The Kier molecular flexibility index (Phi) is 4.06. The number of nitrogens with zero attached hydrogens (tertiary/aromatic N) is 1. The standard InChI is InChI=1S/C12H15N3O2S2/c1-9-14-12(8-18-9)7-13-10-4-3-5-11(6-10)15-19(2,16)17/h3-6,8,13,15H,7H2,1-2H3. The molecule has 0 unspecified atom stereocenters. The second-order valence-corrected chi connectivity index (χ2v) is 6.98. The number of benzene rings is 1. The average molecular weight is 297 g/mol. The Hall–Kier alpha value is -1.60. The third-order valence-electron chi connectivity index (χ3n) is 2.31. The number of anilines is 2. The van der Waals surface area contributed by atoms with Crippen LogP contribution in [0.15, 0.2) is 29.6 Å². The van der Waals surface area contributed by atoms with Gasteiger partial charge in [0.25, 0.3) is 0 Å². The minimum Gasteiger partial charge on any atom is -0.379 e. The van der Waals surface area contributed by atoms with E-state index >= 15 is 0 Å². The molecule has 19 heavy (non-hydrogen) atoms. The second kappa shape index (κ2) is 5.58. The molecule has 0 aliphatic rings. The van der Waals surface area contributed by atoms with Gasteiger partial charge >= 0.3 is 0 Å². The van der Waals surface area contributed by atoms with Crippen molar-refractivity contribution in [2.75, 3.05) is 16.3 Å². The van der Waals surface area contributed by atoms with E-state index in [0.29, 0.717) is 12.2 Å². The van der Waals surface area contributed by atoms with E-state index in [2.05, 4.69) is 15.0 Å². The fourth-order valence-electron chi connectivity index (χ4n) is 1.59. The molecule has 2 N–H and O–H groups in total. The molecular weight excluding hydrogens is 282 g/mol. The van der Waals surface area contributed by atoms with Crippen molar-refractivity contribution in [2.24, 2.45) is 0 Å². The molecule has 1 heterocycles. The molecule has 0 fully saturated rings. The SMILES string of the molecule is Cc1nc(CNc2cccc(NS(C)(=O)=O)c2)cs1. The van der Waals surface area contributed by atoms with Crippen molar-refractivity contribution in [1.82, 2.24) is 4.98 Å². The van der Waals surface area contributed by atoms with E-state index in [0.717, 1.165) is 22.6 Å². The van der Waals surface area contributed by atoms with Crippen LogP contribution in [0, 0.1) is 6.92 Å². The molecule has 1 aromatic heterocycles. The highest BCUT2D eigenvalue weighted by atomic mass is 32.2. The van der Waals surface area contributed by atoms with Gasteiger partial charge in [0.15, 0.2) is 0 Å². The van der Waals surface area contributed by atoms with Crippen molar-refractivity contribution < 1.29 is 8.42 Å². The molecule has 0 spiro atoms. The third-order valence-corrected chi connectivity index (χ3v) is 3.73. The highest BCUT2D eigenvalue weighted by Crippen LogP contribution is 2.17. The minimum absolute atomic E-state index is 0.543. The van der Waals surface area contributed by atoms with Crippen molar-refractivity contribution in [3.05, 3.63) is 40.3 Å². The molecule has 2 aromatic rings. The molecule has 0 aliphatic heterocycles. The molecule has 5 nitrogen and oxygen atoms in total. The van der Waals surface area contributed by atoms with E-state index in [1.165, 1.54) is 0 Å². The lowest BCUT2D eigenvalue weighted by molar-refractivity contribution is 0.607. The number of sulfonamides is 1. The molecular formula is C12H15N3O2S2. The van der Waals surface area contributed by atoms with Gasteiger partial charge < -0.3 is 5.32 Å². The van der Waals surface area contributed by atoms with Crippen LogP contribution in [0.3, 0.4) is 0 Å². The summed E-state index contributed by atoms with van der Waals surface area (Å²) in [5, 5.41) is 6.24. The zero-order valence-electron chi connectivity index (χ0n) is 10.7. The van der Waals surface area contributed by atoms with Gasteiger partial charge in [-0.15, -0.1) is 11.3 Å². The van der Waals surface area contributed by atoms with Crippen LogP contribution in [0.2, 0.25) is 0 Å². The number of nitrogens with one attached hydrogen (secondary N) is 2. The number of hydrogen-bond acceptors (Lipinski definition) is 5. The van der Waals surface area contributed by atoms with E-state index in [-0.39, 0.29) is 0 Å². The monoisotopic (exact) mass is 297 g/mol. The van der Waals surface area contributed by atoms with Crippen molar-refractivity contribution in [3.8, 4) is 0 Å². The minimum atomic E-state index is -3.25. The van der Waals surface area contributed by atoms with Crippen LogP contribution >= 0.6 is 11.3 Å². The molecule has 102 valence electrons. The predicted octanol–water partition coefficient (Wildman–Crippen LogP) is 2.44. The molecule has 0 aliphatic carbocycles. The van der Waals surface area contributed by atoms with E-state index in [1.807, 2.05) is 18.4 Å². The third kappa shape index (κ3) is 4.53. The Morgan fingerprint density at radius 2 is 2.05 bits per heavy atom. The van der Waals surface area contributed by atoms with Crippen molar-refractivity contribution in [3.63, 3.8) is 0 Å². The molecule has 0 atom stereocenters. The fourth-order valence-corrected chi connectivity index (χ4v) is 2.76. The summed E-state index contributed by atoms with van der Waals surface area (Å²) >= 11 is 1.61. The smallest absolute Gasteiger partial charge is 0.229 e. The van der Waals surface area contributed by atoms with Crippen LogP contribution in [0.25, 0.3) is 0 Å². The Balaban J connectivity index is 2.03. The Morgan fingerprint density at radius 3 is 2.68 bits per heavy atom. The summed E-state index contributed by atoms with van der Waals surface area (Å²) in [5.41, 5.74) is 2.37. The summed E-state index contributed by atoms with van der Waals surface area (Å²) in [4.78, 5) is 4.35. The zero-order valence-corrected chi connectivity index (χ0v) is 12.3. The number of thiazole rings is 1. The van der Waals surface area contributed by atoms with Crippen LogP contribution < -0.4 is 10.0 Å². The maximum absolute atomic E-state index is 11.2. The summed E-state index contributed by atoms with van der Waals surface area (Å²) in [5.74, 6) is 0. The van der Waals surface area contributed by atoms with E-state index < -0.39 is 10.0 Å². The first-order chi connectivity index (χ1) is 8.92. The average Bonchev–Trinajstić information content (AvgIpc) is 2.71. The van der Waals surface area contributed by atoms with Gasteiger partial charge in [0.2, 0.25) is 10.0 Å². The molecule has 7 heteroatoms. The lowest BCUT2D eigenvalue weighted by Crippen LogP contribution is -2.09. The molecule has 0 saturated heterocycles. The summed E-state index contributed by atoms with van der Waals surface area (Å²) < 4.78 is 24.8. The van der Waals surface area contributed by atoms with Crippen molar-refractivity contribution >= 4 is 32.7 Å². The lowest BCUT2D eigenvalue weighted by Gasteiger charge is -2.08. The molecule has 2 rings (SSSR count). The van der Waals surface area contributed by atoms with Gasteiger partial charge in [-0.25, -0.2) is 13.4 Å². The number of aryl methyl sites for hydroxylation is 1. The van der Waals surface area contributed by atoms with Crippen LogP contribution in [-0.4, -0.2) is 19.7 Å². The molecule has 0 saturated carbocycles. The number of aromatic nitrogens is 1. The van der Waals surface area contributed by atoms with Crippen molar-refractivity contribution in [2.45, 2.75) is 13.5 Å². The van der Waals surface area contributed by atoms with Crippen LogP contribution in [0.5, 0.6) is 0 Å². The zero-order chi connectivity index (χ0) is 13.9. The Morgan fingerprint density at radius 1 is 1.32 bits per heavy atom.